The minimum Gasteiger partial charge on any atom is -0.394 e. The van der Waals surface area contributed by atoms with Crippen molar-refractivity contribution >= 4 is 21.6 Å². The molecule has 0 bridgehead atoms. The summed E-state index contributed by atoms with van der Waals surface area (Å²) in [5.41, 5.74) is 2.96. The molecule has 1 aromatic heterocycles. The van der Waals surface area contributed by atoms with Gasteiger partial charge in [0.25, 0.3) is 5.56 Å². The number of aryl methyl sites for hydroxylation is 1. The maximum absolute atomic E-state index is 12.0. The Balaban J connectivity index is 2.03. The van der Waals surface area contributed by atoms with Gasteiger partial charge in [0.2, 0.25) is 0 Å². The second-order valence-corrected chi connectivity index (χ2v) is 5.52. The molecule has 0 unspecified atom stereocenters. The predicted octanol–water partition coefficient (Wildman–Crippen LogP) is 1.96. The second-order valence-electron chi connectivity index (χ2n) is 4.73. The van der Waals surface area contributed by atoms with Crippen LogP contribution < -0.4 is 10.9 Å². The van der Waals surface area contributed by atoms with Gasteiger partial charge in [0, 0.05) is 6.54 Å². The first-order valence-electron chi connectivity index (χ1n) is 6.78. The van der Waals surface area contributed by atoms with Crippen LogP contribution in [0.2, 0.25) is 0 Å². The van der Waals surface area contributed by atoms with Gasteiger partial charge in [0.15, 0.2) is 0 Å². The number of nitrogens with zero attached hydrogens (tertiary/aromatic N) is 2. The van der Waals surface area contributed by atoms with Crippen LogP contribution in [0.4, 0.5) is 5.69 Å². The van der Waals surface area contributed by atoms with Crippen molar-refractivity contribution in [3.8, 4) is 0 Å². The summed E-state index contributed by atoms with van der Waals surface area (Å²) < 4.78 is 1.67. The molecule has 0 radical (unpaired) electrons. The van der Waals surface area contributed by atoms with Crippen molar-refractivity contribution < 1.29 is 5.11 Å². The van der Waals surface area contributed by atoms with Gasteiger partial charge >= 0.3 is 0 Å². The molecule has 1 aromatic carbocycles. The van der Waals surface area contributed by atoms with Gasteiger partial charge in [-0.25, -0.2) is 4.68 Å². The first-order chi connectivity index (χ1) is 10.1. The lowest BCUT2D eigenvalue weighted by Crippen LogP contribution is -2.26. The summed E-state index contributed by atoms with van der Waals surface area (Å²) in [6.45, 7) is 2.89. The summed E-state index contributed by atoms with van der Waals surface area (Å²) in [5.74, 6) is 0. The molecule has 0 atom stereocenters. The molecule has 2 N–H and O–H groups in total. The molecule has 2 aromatic rings. The van der Waals surface area contributed by atoms with Crippen molar-refractivity contribution in [2.45, 2.75) is 19.9 Å². The fourth-order valence-corrected chi connectivity index (χ4v) is 2.51. The van der Waals surface area contributed by atoms with Gasteiger partial charge in [0.1, 0.15) is 4.47 Å². The number of aromatic nitrogens is 2. The molecule has 0 fully saturated rings. The van der Waals surface area contributed by atoms with E-state index in [0.29, 0.717) is 16.7 Å². The van der Waals surface area contributed by atoms with E-state index in [-0.39, 0.29) is 18.7 Å². The Hall–Kier alpha value is -1.66. The van der Waals surface area contributed by atoms with Crippen LogP contribution in [0.15, 0.2) is 39.7 Å². The number of rotatable bonds is 6. The highest BCUT2D eigenvalue weighted by Gasteiger charge is 2.08. The Bertz CT molecular complexity index is 670. The van der Waals surface area contributed by atoms with Crippen LogP contribution >= 0.6 is 15.9 Å². The van der Waals surface area contributed by atoms with E-state index in [4.69, 9.17) is 5.11 Å². The highest BCUT2D eigenvalue weighted by Crippen LogP contribution is 2.16. The number of nitrogens with one attached hydrogen (secondary N) is 1. The van der Waals surface area contributed by atoms with Gasteiger partial charge in [-0.05, 0) is 40.4 Å². The van der Waals surface area contributed by atoms with Gasteiger partial charge in [-0.2, -0.15) is 5.10 Å². The zero-order valence-electron chi connectivity index (χ0n) is 11.8. The standard InChI is InChI=1S/C15H18BrN3O2/c1-11-4-2-3-5-12(11)6-7-17-13-10-18-19(8-9-20)15(21)14(13)16/h2-5,10,17,20H,6-9H2,1H3. The number of benzene rings is 1. The molecular formula is C15H18BrN3O2. The Morgan fingerprint density at radius 3 is 2.86 bits per heavy atom. The van der Waals surface area contributed by atoms with Crippen LogP contribution in [0.25, 0.3) is 0 Å². The monoisotopic (exact) mass is 351 g/mol. The first kappa shape index (κ1) is 15.7. The lowest BCUT2D eigenvalue weighted by atomic mass is 10.1. The molecule has 0 saturated heterocycles. The van der Waals surface area contributed by atoms with Gasteiger partial charge in [-0.3, -0.25) is 4.79 Å². The van der Waals surface area contributed by atoms with Gasteiger partial charge < -0.3 is 10.4 Å². The second kappa shape index (κ2) is 7.38. The molecule has 0 spiro atoms. The Kier molecular flexibility index (Phi) is 5.52. The molecule has 6 heteroatoms. The van der Waals surface area contributed by atoms with Gasteiger partial charge in [0.05, 0.1) is 25.0 Å². The van der Waals surface area contributed by atoms with Crippen molar-refractivity contribution in [3.63, 3.8) is 0 Å². The van der Waals surface area contributed by atoms with Crippen molar-refractivity contribution in [2.75, 3.05) is 18.5 Å². The minimum atomic E-state index is -0.245. The lowest BCUT2D eigenvalue weighted by Gasteiger charge is -2.11. The molecule has 2 rings (SSSR count). The molecule has 112 valence electrons. The zero-order valence-corrected chi connectivity index (χ0v) is 13.4. The number of hydrogen-bond acceptors (Lipinski definition) is 4. The third kappa shape index (κ3) is 3.92. The molecule has 5 nitrogen and oxygen atoms in total. The van der Waals surface area contributed by atoms with Gasteiger partial charge in [-0.1, -0.05) is 24.3 Å². The molecule has 0 amide bonds. The van der Waals surface area contributed by atoms with E-state index in [1.54, 1.807) is 6.20 Å². The number of hydrogen-bond donors (Lipinski definition) is 2. The summed E-state index contributed by atoms with van der Waals surface area (Å²) in [7, 11) is 0. The molecule has 0 aliphatic carbocycles. The fourth-order valence-electron chi connectivity index (χ4n) is 2.06. The van der Waals surface area contributed by atoms with E-state index in [1.165, 1.54) is 15.8 Å². The Morgan fingerprint density at radius 2 is 2.14 bits per heavy atom. The van der Waals surface area contributed by atoms with E-state index in [0.717, 1.165) is 6.42 Å². The topological polar surface area (TPSA) is 67.2 Å². The van der Waals surface area contributed by atoms with E-state index < -0.39 is 0 Å². The zero-order chi connectivity index (χ0) is 15.2. The van der Waals surface area contributed by atoms with Crippen molar-refractivity contribution in [1.29, 1.82) is 0 Å². The maximum Gasteiger partial charge on any atom is 0.283 e. The average molecular weight is 352 g/mol. The third-order valence-corrected chi connectivity index (χ3v) is 4.03. The predicted molar refractivity (Wildman–Crippen MR) is 86.7 cm³/mol. The number of halogens is 1. The van der Waals surface area contributed by atoms with Crippen molar-refractivity contribution in [1.82, 2.24) is 9.78 Å². The quantitative estimate of drug-likeness (QED) is 0.834. The van der Waals surface area contributed by atoms with E-state index >= 15 is 0 Å². The lowest BCUT2D eigenvalue weighted by molar-refractivity contribution is 0.266. The summed E-state index contributed by atoms with van der Waals surface area (Å²) in [6, 6.07) is 8.23. The maximum atomic E-state index is 12.0. The largest absolute Gasteiger partial charge is 0.394 e. The Labute approximate surface area is 131 Å². The van der Waals surface area contributed by atoms with Crippen molar-refractivity contribution in [2.24, 2.45) is 0 Å². The average Bonchev–Trinajstić information content (AvgIpc) is 2.48. The minimum absolute atomic E-state index is 0.112. The van der Waals surface area contributed by atoms with Crippen LogP contribution in [-0.2, 0) is 13.0 Å². The van der Waals surface area contributed by atoms with E-state index in [2.05, 4.69) is 45.4 Å². The van der Waals surface area contributed by atoms with Crippen LogP contribution in [0.5, 0.6) is 0 Å². The summed E-state index contributed by atoms with van der Waals surface area (Å²) in [5, 5.41) is 16.1. The summed E-state index contributed by atoms with van der Waals surface area (Å²) in [4.78, 5) is 12.0. The SMILES string of the molecule is Cc1ccccc1CCNc1cnn(CCO)c(=O)c1Br. The third-order valence-electron chi connectivity index (χ3n) is 3.27. The smallest absolute Gasteiger partial charge is 0.283 e. The van der Waals surface area contributed by atoms with Crippen LogP contribution in [0.3, 0.4) is 0 Å². The number of aliphatic hydroxyl groups excluding tert-OH is 1. The Morgan fingerprint density at radius 1 is 1.38 bits per heavy atom. The summed E-state index contributed by atoms with van der Waals surface area (Å²) >= 11 is 3.28. The molecule has 0 aliphatic rings. The van der Waals surface area contributed by atoms with Crippen LogP contribution in [-0.4, -0.2) is 28.0 Å². The van der Waals surface area contributed by atoms with Crippen LogP contribution in [0.1, 0.15) is 11.1 Å². The molecule has 0 aliphatic heterocycles. The molecule has 0 saturated carbocycles. The molecule has 1 heterocycles. The van der Waals surface area contributed by atoms with Crippen molar-refractivity contribution in [3.05, 3.63) is 56.4 Å². The summed E-state index contributed by atoms with van der Waals surface area (Å²) in [6.07, 6.45) is 2.47. The number of anilines is 1. The number of aliphatic hydroxyl groups is 1. The van der Waals surface area contributed by atoms with Crippen LogP contribution in [0, 0.1) is 6.92 Å². The van der Waals surface area contributed by atoms with E-state index in [1.807, 2.05) is 12.1 Å². The van der Waals surface area contributed by atoms with E-state index in [9.17, 15) is 4.79 Å². The first-order valence-corrected chi connectivity index (χ1v) is 7.57. The van der Waals surface area contributed by atoms with Gasteiger partial charge in [-0.15, -0.1) is 0 Å². The fraction of sp³-hybridized carbons (Fsp3) is 0.333. The molecule has 21 heavy (non-hydrogen) atoms. The highest BCUT2D eigenvalue weighted by atomic mass is 79.9. The normalized spacial score (nSPS) is 10.6. The molecular weight excluding hydrogens is 334 g/mol. The highest BCUT2D eigenvalue weighted by molar-refractivity contribution is 9.10.